The first-order valence-corrected chi connectivity index (χ1v) is 7.54. The molecule has 0 aliphatic heterocycles. The van der Waals surface area contributed by atoms with Gasteiger partial charge in [0, 0.05) is 11.6 Å². The van der Waals surface area contributed by atoms with Crippen LogP contribution in [0.5, 0.6) is 0 Å². The number of aryl methyl sites for hydroxylation is 1. The van der Waals surface area contributed by atoms with Crippen LogP contribution in [0.3, 0.4) is 0 Å². The first-order chi connectivity index (χ1) is 10.1. The molecule has 2 rings (SSSR count). The van der Waals surface area contributed by atoms with E-state index in [1.165, 1.54) is 20.0 Å². The van der Waals surface area contributed by atoms with E-state index in [4.69, 9.17) is 4.74 Å². The van der Waals surface area contributed by atoms with E-state index < -0.39 is 6.04 Å². The molecule has 0 amide bonds. The Bertz CT molecular complexity index is 489. The third-order valence-electron chi connectivity index (χ3n) is 4.04. The second-order valence-corrected chi connectivity index (χ2v) is 5.71. The molecule has 1 unspecified atom stereocenters. The minimum atomic E-state index is -0.497. The standard InChI is InChI=1S/C17H23NO3/c1-12-7-9-13(10-8-12)17(20)15(11-16(19)21-2)18-14-5-3-4-6-14/h7-10,14-15,18H,3-6,11H2,1-2H3. The number of rotatable bonds is 6. The lowest BCUT2D eigenvalue weighted by Crippen LogP contribution is -2.43. The van der Waals surface area contributed by atoms with E-state index in [-0.39, 0.29) is 18.2 Å². The van der Waals surface area contributed by atoms with E-state index in [0.717, 1.165) is 18.4 Å². The minimum Gasteiger partial charge on any atom is -0.469 e. The van der Waals surface area contributed by atoms with Crippen LogP contribution < -0.4 is 5.32 Å². The molecule has 1 aromatic rings. The molecule has 1 aromatic carbocycles. The molecule has 0 bridgehead atoms. The van der Waals surface area contributed by atoms with Crippen molar-refractivity contribution in [3.63, 3.8) is 0 Å². The molecular weight excluding hydrogens is 266 g/mol. The van der Waals surface area contributed by atoms with E-state index in [1.807, 2.05) is 31.2 Å². The van der Waals surface area contributed by atoms with Gasteiger partial charge < -0.3 is 10.1 Å². The quantitative estimate of drug-likeness (QED) is 0.646. The summed E-state index contributed by atoms with van der Waals surface area (Å²) in [6, 6.07) is 7.30. The smallest absolute Gasteiger partial charge is 0.307 e. The Labute approximate surface area is 125 Å². The number of ketones is 1. The van der Waals surface area contributed by atoms with Gasteiger partial charge in [-0.25, -0.2) is 0 Å². The maximum absolute atomic E-state index is 12.6. The highest BCUT2D eigenvalue weighted by atomic mass is 16.5. The largest absolute Gasteiger partial charge is 0.469 e. The van der Waals surface area contributed by atoms with Gasteiger partial charge in [0.05, 0.1) is 19.6 Å². The molecule has 1 fully saturated rings. The fourth-order valence-corrected chi connectivity index (χ4v) is 2.77. The van der Waals surface area contributed by atoms with E-state index in [2.05, 4.69) is 5.32 Å². The number of Topliss-reactive ketones (excluding diaryl/α,β-unsaturated/α-hetero) is 1. The van der Waals surface area contributed by atoms with Gasteiger partial charge in [0.25, 0.3) is 0 Å². The molecule has 21 heavy (non-hydrogen) atoms. The van der Waals surface area contributed by atoms with Crippen molar-refractivity contribution in [1.29, 1.82) is 0 Å². The number of nitrogens with one attached hydrogen (secondary N) is 1. The van der Waals surface area contributed by atoms with Gasteiger partial charge in [0.1, 0.15) is 0 Å². The predicted molar refractivity (Wildman–Crippen MR) is 81.3 cm³/mol. The van der Waals surface area contributed by atoms with E-state index in [0.29, 0.717) is 11.6 Å². The number of carbonyl (C=O) groups excluding carboxylic acids is 2. The number of hydrogen-bond acceptors (Lipinski definition) is 4. The number of carbonyl (C=O) groups is 2. The third-order valence-corrected chi connectivity index (χ3v) is 4.04. The second-order valence-electron chi connectivity index (χ2n) is 5.71. The lowest BCUT2D eigenvalue weighted by atomic mass is 9.99. The van der Waals surface area contributed by atoms with Crippen LogP contribution in [0, 0.1) is 6.92 Å². The highest BCUT2D eigenvalue weighted by molar-refractivity contribution is 6.01. The van der Waals surface area contributed by atoms with Gasteiger partial charge >= 0.3 is 5.97 Å². The lowest BCUT2D eigenvalue weighted by Gasteiger charge is -2.21. The van der Waals surface area contributed by atoms with Crippen LogP contribution in [0.15, 0.2) is 24.3 Å². The normalized spacial score (nSPS) is 16.7. The summed E-state index contributed by atoms with van der Waals surface area (Å²) < 4.78 is 4.72. The summed E-state index contributed by atoms with van der Waals surface area (Å²) in [5.41, 5.74) is 1.75. The SMILES string of the molecule is COC(=O)CC(NC1CCCC1)C(=O)c1ccc(C)cc1. The number of benzene rings is 1. The molecule has 1 aliphatic carbocycles. The molecule has 0 heterocycles. The molecular formula is C17H23NO3. The molecule has 1 aliphatic rings. The van der Waals surface area contributed by atoms with Gasteiger partial charge in [-0.1, -0.05) is 42.7 Å². The molecule has 0 saturated heterocycles. The number of hydrogen-bond donors (Lipinski definition) is 1. The molecule has 114 valence electrons. The molecule has 0 spiro atoms. The highest BCUT2D eigenvalue weighted by Crippen LogP contribution is 2.20. The third kappa shape index (κ3) is 4.39. The lowest BCUT2D eigenvalue weighted by molar-refractivity contribution is -0.141. The predicted octanol–water partition coefficient (Wildman–Crippen LogP) is 2.64. The van der Waals surface area contributed by atoms with Crippen LogP contribution >= 0.6 is 0 Å². The first kappa shape index (κ1) is 15.7. The summed E-state index contributed by atoms with van der Waals surface area (Å²) in [4.78, 5) is 24.2. The Hall–Kier alpha value is -1.68. The fraction of sp³-hybridized carbons (Fsp3) is 0.529. The van der Waals surface area contributed by atoms with E-state index in [1.54, 1.807) is 0 Å². The average Bonchev–Trinajstić information content (AvgIpc) is 2.99. The van der Waals surface area contributed by atoms with Crippen LogP contribution in [-0.4, -0.2) is 30.9 Å². The van der Waals surface area contributed by atoms with E-state index >= 15 is 0 Å². The van der Waals surface area contributed by atoms with Gasteiger partial charge in [-0.3, -0.25) is 9.59 Å². The fourth-order valence-electron chi connectivity index (χ4n) is 2.77. The van der Waals surface area contributed by atoms with Gasteiger partial charge in [-0.05, 0) is 19.8 Å². The van der Waals surface area contributed by atoms with Gasteiger partial charge in [-0.2, -0.15) is 0 Å². The van der Waals surface area contributed by atoms with Crippen molar-refractivity contribution in [2.24, 2.45) is 0 Å². The topological polar surface area (TPSA) is 55.4 Å². The van der Waals surface area contributed by atoms with E-state index in [9.17, 15) is 9.59 Å². The minimum absolute atomic E-state index is 0.0349. The number of esters is 1. The molecule has 0 radical (unpaired) electrons. The summed E-state index contributed by atoms with van der Waals surface area (Å²) in [6.45, 7) is 1.98. The molecule has 1 saturated carbocycles. The number of methoxy groups -OCH3 is 1. The summed E-state index contributed by atoms with van der Waals surface area (Å²) in [6.07, 6.45) is 4.58. The Morgan fingerprint density at radius 3 is 2.43 bits per heavy atom. The zero-order valence-electron chi connectivity index (χ0n) is 12.7. The van der Waals surface area contributed by atoms with Crippen molar-refractivity contribution in [1.82, 2.24) is 5.32 Å². The van der Waals surface area contributed by atoms with Crippen molar-refractivity contribution in [3.8, 4) is 0 Å². The van der Waals surface area contributed by atoms with Crippen LogP contribution in [0.2, 0.25) is 0 Å². The van der Waals surface area contributed by atoms with Gasteiger partial charge in [0.2, 0.25) is 0 Å². The Kier molecular flexibility index (Phi) is 5.51. The second kappa shape index (κ2) is 7.36. The maximum Gasteiger partial charge on any atom is 0.307 e. The summed E-state index contributed by atoms with van der Waals surface area (Å²) >= 11 is 0. The van der Waals surface area contributed by atoms with Gasteiger partial charge in [0.15, 0.2) is 5.78 Å². The molecule has 1 atom stereocenters. The van der Waals surface area contributed by atoms with Crippen molar-refractivity contribution in [2.45, 2.75) is 51.1 Å². The van der Waals surface area contributed by atoms with Crippen molar-refractivity contribution in [3.05, 3.63) is 35.4 Å². The van der Waals surface area contributed by atoms with Crippen LogP contribution in [0.25, 0.3) is 0 Å². The monoisotopic (exact) mass is 289 g/mol. The van der Waals surface area contributed by atoms with Crippen molar-refractivity contribution < 1.29 is 14.3 Å². The first-order valence-electron chi connectivity index (χ1n) is 7.54. The molecule has 4 heteroatoms. The molecule has 1 N–H and O–H groups in total. The maximum atomic E-state index is 12.6. The Balaban J connectivity index is 2.10. The molecule has 4 nitrogen and oxygen atoms in total. The van der Waals surface area contributed by atoms with Crippen LogP contribution in [-0.2, 0) is 9.53 Å². The number of ether oxygens (including phenoxy) is 1. The zero-order chi connectivity index (χ0) is 15.2. The Morgan fingerprint density at radius 2 is 1.86 bits per heavy atom. The van der Waals surface area contributed by atoms with Gasteiger partial charge in [-0.15, -0.1) is 0 Å². The Morgan fingerprint density at radius 1 is 1.24 bits per heavy atom. The van der Waals surface area contributed by atoms with Crippen LogP contribution in [0.4, 0.5) is 0 Å². The highest BCUT2D eigenvalue weighted by Gasteiger charge is 2.27. The van der Waals surface area contributed by atoms with Crippen molar-refractivity contribution >= 4 is 11.8 Å². The summed E-state index contributed by atoms with van der Waals surface area (Å²) in [7, 11) is 1.35. The average molecular weight is 289 g/mol. The summed E-state index contributed by atoms with van der Waals surface area (Å²) in [5.74, 6) is -0.391. The van der Waals surface area contributed by atoms with Crippen LogP contribution in [0.1, 0.15) is 48.0 Å². The zero-order valence-corrected chi connectivity index (χ0v) is 12.7. The van der Waals surface area contributed by atoms with Crippen molar-refractivity contribution in [2.75, 3.05) is 7.11 Å². The molecule has 0 aromatic heterocycles. The summed E-state index contributed by atoms with van der Waals surface area (Å²) in [5, 5.41) is 3.34.